The van der Waals surface area contributed by atoms with Crippen LogP contribution in [0, 0.1) is 6.92 Å². The third-order valence-corrected chi connectivity index (χ3v) is 4.32. The van der Waals surface area contributed by atoms with Crippen LogP contribution in [-0.2, 0) is 0 Å². The molecule has 0 radical (unpaired) electrons. The monoisotopic (exact) mass is 269 g/mol. The van der Waals surface area contributed by atoms with Crippen LogP contribution in [0.1, 0.15) is 31.2 Å². The van der Waals surface area contributed by atoms with E-state index in [1.54, 1.807) is 11.3 Å². The molecule has 2 atom stereocenters. The number of nitrogens with two attached hydrogens (primary N) is 1. The van der Waals surface area contributed by atoms with Crippen molar-refractivity contribution in [3.63, 3.8) is 0 Å². The Hall–Kier alpha value is -0.650. The first-order valence-corrected chi connectivity index (χ1v) is 7.38. The van der Waals surface area contributed by atoms with Crippen LogP contribution in [0.3, 0.4) is 0 Å². The van der Waals surface area contributed by atoms with E-state index in [2.05, 4.69) is 28.3 Å². The third kappa shape index (κ3) is 3.40. The van der Waals surface area contributed by atoms with Gasteiger partial charge in [-0.05, 0) is 42.9 Å². The van der Waals surface area contributed by atoms with Crippen molar-refractivity contribution in [1.82, 2.24) is 5.32 Å². The van der Waals surface area contributed by atoms with Crippen molar-refractivity contribution < 1.29 is 0 Å². The Kier molecular flexibility index (Phi) is 4.36. The van der Waals surface area contributed by atoms with Gasteiger partial charge in [0.25, 0.3) is 0 Å². The predicted molar refractivity (Wildman–Crippen MR) is 78.6 cm³/mol. The van der Waals surface area contributed by atoms with Crippen molar-refractivity contribution in [3.8, 4) is 0 Å². The van der Waals surface area contributed by atoms with Crippen molar-refractivity contribution in [2.24, 2.45) is 5.73 Å². The molecule has 0 aromatic carbocycles. The highest BCUT2D eigenvalue weighted by atomic mass is 32.1. The summed E-state index contributed by atoms with van der Waals surface area (Å²) in [7, 11) is 0. The fourth-order valence-corrected chi connectivity index (χ4v) is 3.20. The number of aryl methyl sites for hydroxylation is 1. The van der Waals surface area contributed by atoms with Crippen LogP contribution < -0.4 is 16.4 Å². The van der Waals surface area contributed by atoms with Gasteiger partial charge in [0, 0.05) is 17.5 Å². The molecule has 1 saturated carbocycles. The molecule has 1 aromatic rings. The number of nitrogens with one attached hydrogen (secondary N) is 2. The summed E-state index contributed by atoms with van der Waals surface area (Å²) in [4.78, 5) is 0. The molecule has 5 heteroatoms. The van der Waals surface area contributed by atoms with E-state index in [1.165, 1.54) is 18.4 Å². The normalized spacial score (nSPS) is 24.4. The molecule has 0 spiro atoms. The number of anilines is 1. The molecule has 0 amide bonds. The van der Waals surface area contributed by atoms with Gasteiger partial charge in [0.1, 0.15) is 0 Å². The van der Waals surface area contributed by atoms with Gasteiger partial charge in [-0.15, -0.1) is 11.3 Å². The van der Waals surface area contributed by atoms with Crippen molar-refractivity contribution in [3.05, 3.63) is 16.3 Å². The van der Waals surface area contributed by atoms with Gasteiger partial charge in [-0.25, -0.2) is 0 Å². The first-order chi connectivity index (χ1) is 8.16. The number of thiocarbonyl (C=S) groups is 1. The zero-order valence-corrected chi connectivity index (χ0v) is 11.7. The van der Waals surface area contributed by atoms with Crippen LogP contribution in [0.2, 0.25) is 0 Å². The molecule has 2 rings (SSSR count). The van der Waals surface area contributed by atoms with E-state index in [1.807, 2.05) is 0 Å². The maximum Gasteiger partial charge on any atom is 0.171 e. The van der Waals surface area contributed by atoms with E-state index in [0.717, 1.165) is 18.5 Å². The summed E-state index contributed by atoms with van der Waals surface area (Å²) in [6, 6.07) is 0.551. The maximum atomic E-state index is 6.08. The lowest BCUT2D eigenvalue weighted by molar-refractivity contribution is 0.361. The number of thiophene rings is 1. The summed E-state index contributed by atoms with van der Waals surface area (Å²) in [5.41, 5.74) is 8.41. The lowest BCUT2D eigenvalue weighted by Crippen LogP contribution is -2.50. The molecule has 1 aromatic heterocycles. The highest BCUT2D eigenvalue weighted by molar-refractivity contribution is 7.80. The Labute approximate surface area is 112 Å². The van der Waals surface area contributed by atoms with Gasteiger partial charge < -0.3 is 16.4 Å². The molecule has 0 aliphatic heterocycles. The summed E-state index contributed by atoms with van der Waals surface area (Å²) < 4.78 is 0. The van der Waals surface area contributed by atoms with Crippen LogP contribution in [-0.4, -0.2) is 17.2 Å². The zero-order chi connectivity index (χ0) is 12.3. The first-order valence-electron chi connectivity index (χ1n) is 6.02. The molecule has 1 fully saturated rings. The smallest absolute Gasteiger partial charge is 0.171 e. The predicted octanol–water partition coefficient (Wildman–Crippen LogP) is 2.61. The Balaban J connectivity index is 1.86. The number of hydrogen-bond donors (Lipinski definition) is 3. The minimum atomic E-state index is 0.229. The molecule has 3 nitrogen and oxygen atoms in total. The fourth-order valence-electron chi connectivity index (χ4n) is 2.15. The molecular formula is C12H19N3S2. The number of hydrogen-bond acceptors (Lipinski definition) is 3. The second-order valence-corrected chi connectivity index (χ2v) is 5.77. The van der Waals surface area contributed by atoms with Gasteiger partial charge in [-0.1, -0.05) is 12.8 Å². The van der Waals surface area contributed by atoms with Gasteiger partial charge in [0.05, 0.1) is 5.69 Å². The molecular weight excluding hydrogens is 250 g/mol. The second kappa shape index (κ2) is 5.80. The molecule has 0 unspecified atom stereocenters. The van der Waals surface area contributed by atoms with E-state index >= 15 is 0 Å². The van der Waals surface area contributed by atoms with Gasteiger partial charge in [-0.3, -0.25) is 0 Å². The topological polar surface area (TPSA) is 50.1 Å². The summed E-state index contributed by atoms with van der Waals surface area (Å²) in [5.74, 6) is 0. The lowest BCUT2D eigenvalue weighted by atomic mass is 9.91. The molecule has 1 aliphatic carbocycles. The van der Waals surface area contributed by atoms with Gasteiger partial charge in [-0.2, -0.15) is 0 Å². The Bertz CT molecular complexity index is 389. The Morgan fingerprint density at radius 3 is 2.82 bits per heavy atom. The maximum absolute atomic E-state index is 6.08. The summed E-state index contributed by atoms with van der Waals surface area (Å²) in [6.07, 6.45) is 4.69. The third-order valence-electron chi connectivity index (χ3n) is 3.24. The summed E-state index contributed by atoms with van der Waals surface area (Å²) in [6.45, 7) is 2.08. The fraction of sp³-hybridized carbons (Fsp3) is 0.583. The standard InChI is InChI=1S/C12H19N3S2/c1-8-6-17-7-11(8)15-12(16)14-10-5-3-2-4-9(10)13/h6-7,9-10H,2-5,13H2,1H3,(H2,14,15,16)/t9-,10-/m1/s1. The van der Waals surface area contributed by atoms with Crippen LogP contribution in [0.15, 0.2) is 10.8 Å². The van der Waals surface area contributed by atoms with E-state index in [4.69, 9.17) is 18.0 Å². The Morgan fingerprint density at radius 2 is 2.18 bits per heavy atom. The van der Waals surface area contributed by atoms with Gasteiger partial charge >= 0.3 is 0 Å². The highest BCUT2D eigenvalue weighted by Crippen LogP contribution is 2.20. The summed E-state index contributed by atoms with van der Waals surface area (Å²) in [5, 5.41) is 11.4. The highest BCUT2D eigenvalue weighted by Gasteiger charge is 2.22. The van der Waals surface area contributed by atoms with Gasteiger partial charge in [0.15, 0.2) is 5.11 Å². The van der Waals surface area contributed by atoms with E-state index in [9.17, 15) is 0 Å². The van der Waals surface area contributed by atoms with Crippen LogP contribution in [0.25, 0.3) is 0 Å². The molecule has 0 bridgehead atoms. The molecule has 4 N–H and O–H groups in total. The average molecular weight is 269 g/mol. The zero-order valence-electron chi connectivity index (χ0n) is 10.0. The largest absolute Gasteiger partial charge is 0.358 e. The van der Waals surface area contributed by atoms with E-state index < -0.39 is 0 Å². The minimum absolute atomic E-state index is 0.229. The molecule has 1 aliphatic rings. The van der Waals surface area contributed by atoms with Crippen molar-refractivity contribution in [2.75, 3.05) is 5.32 Å². The van der Waals surface area contributed by atoms with Crippen molar-refractivity contribution in [1.29, 1.82) is 0 Å². The summed E-state index contributed by atoms with van der Waals surface area (Å²) >= 11 is 7.00. The van der Waals surface area contributed by atoms with Crippen LogP contribution in [0.5, 0.6) is 0 Å². The molecule has 0 saturated heterocycles. The molecule has 1 heterocycles. The van der Waals surface area contributed by atoms with Crippen LogP contribution >= 0.6 is 23.6 Å². The first kappa shape index (κ1) is 12.8. The quantitative estimate of drug-likeness (QED) is 0.722. The molecule has 17 heavy (non-hydrogen) atoms. The second-order valence-electron chi connectivity index (χ2n) is 4.62. The average Bonchev–Trinajstić information content (AvgIpc) is 2.68. The Morgan fingerprint density at radius 1 is 1.41 bits per heavy atom. The van der Waals surface area contributed by atoms with Crippen LogP contribution in [0.4, 0.5) is 5.69 Å². The van der Waals surface area contributed by atoms with Crippen molar-refractivity contribution in [2.45, 2.75) is 44.7 Å². The van der Waals surface area contributed by atoms with E-state index in [-0.39, 0.29) is 6.04 Å². The number of rotatable bonds is 2. The molecule has 94 valence electrons. The lowest BCUT2D eigenvalue weighted by Gasteiger charge is -2.30. The SMILES string of the molecule is Cc1cscc1NC(=S)N[C@@H]1CCCC[C@H]1N. The van der Waals surface area contributed by atoms with Gasteiger partial charge in [0.2, 0.25) is 0 Å². The minimum Gasteiger partial charge on any atom is -0.358 e. The van der Waals surface area contributed by atoms with Crippen molar-refractivity contribution >= 4 is 34.4 Å². The van der Waals surface area contributed by atoms with E-state index in [0.29, 0.717) is 11.2 Å².